The summed E-state index contributed by atoms with van der Waals surface area (Å²) in [5, 5.41) is 14.0. The van der Waals surface area contributed by atoms with E-state index in [1.165, 1.54) is 11.8 Å². The Bertz CT molecular complexity index is 864. The second kappa shape index (κ2) is 10.0. The maximum Gasteiger partial charge on any atom is 0.243 e. The Morgan fingerprint density at radius 3 is 2.50 bits per heavy atom. The molecule has 5 nitrogen and oxygen atoms in total. The highest BCUT2D eigenvalue weighted by Gasteiger charge is 2.24. The van der Waals surface area contributed by atoms with Gasteiger partial charge in [-0.15, -0.1) is 0 Å². The van der Waals surface area contributed by atoms with Crippen LogP contribution in [0.4, 0.5) is 0 Å². The van der Waals surface area contributed by atoms with Crippen molar-refractivity contribution >= 4 is 59.9 Å². The minimum atomic E-state index is -0.0758. The van der Waals surface area contributed by atoms with Crippen LogP contribution in [0.25, 0.3) is 0 Å². The Kier molecular flexibility index (Phi) is 7.68. The van der Waals surface area contributed by atoms with Crippen LogP contribution in [-0.4, -0.2) is 35.2 Å². The summed E-state index contributed by atoms with van der Waals surface area (Å²) in [5.74, 6) is -0.0308. The van der Waals surface area contributed by atoms with Crippen molar-refractivity contribution in [2.45, 2.75) is 19.4 Å². The minimum absolute atomic E-state index is 0.0406. The van der Waals surface area contributed by atoms with Crippen molar-refractivity contribution < 1.29 is 9.90 Å². The Balaban J connectivity index is 1.48. The van der Waals surface area contributed by atoms with Crippen molar-refractivity contribution in [1.82, 2.24) is 10.3 Å². The molecule has 1 heterocycles. The number of benzene rings is 2. The molecular weight excluding hydrogens is 554 g/mol. The van der Waals surface area contributed by atoms with Crippen LogP contribution in [0.1, 0.15) is 24.0 Å². The van der Waals surface area contributed by atoms with Gasteiger partial charge >= 0.3 is 0 Å². The Labute approximate surface area is 189 Å². The lowest BCUT2D eigenvalue weighted by atomic mass is 9.96. The van der Waals surface area contributed by atoms with E-state index in [0.717, 1.165) is 41.4 Å². The number of phenols is 1. The number of hydrogen-bond acceptors (Lipinski definition) is 4. The van der Waals surface area contributed by atoms with E-state index in [0.29, 0.717) is 10.0 Å². The number of aromatic hydroxyl groups is 1. The first-order chi connectivity index (χ1) is 13.4. The van der Waals surface area contributed by atoms with Gasteiger partial charge in [0.15, 0.2) is 0 Å². The molecule has 2 aromatic carbocycles. The van der Waals surface area contributed by atoms with Crippen LogP contribution in [0.5, 0.6) is 5.75 Å². The summed E-state index contributed by atoms with van der Waals surface area (Å²) < 4.78 is 2.45. The van der Waals surface area contributed by atoms with E-state index in [2.05, 4.69) is 87.5 Å². The predicted molar refractivity (Wildman–Crippen MR) is 121 cm³/mol. The van der Waals surface area contributed by atoms with Crippen LogP contribution in [-0.2, 0) is 11.3 Å². The van der Waals surface area contributed by atoms with E-state index in [-0.39, 0.29) is 17.6 Å². The molecule has 3 rings (SSSR count). The number of hydrogen-bond donors (Lipinski definition) is 2. The van der Waals surface area contributed by atoms with Gasteiger partial charge in [0.1, 0.15) is 5.75 Å². The third-order valence-electron chi connectivity index (χ3n) is 4.71. The maximum atomic E-state index is 12.4. The molecule has 0 saturated carbocycles. The number of halogens is 3. The molecule has 0 unspecified atom stereocenters. The van der Waals surface area contributed by atoms with Gasteiger partial charge in [0.2, 0.25) is 5.91 Å². The Hall–Kier alpha value is -1.22. The fourth-order valence-corrected chi connectivity index (χ4v) is 4.66. The lowest BCUT2D eigenvalue weighted by Crippen LogP contribution is -2.39. The van der Waals surface area contributed by atoms with Crippen molar-refractivity contribution in [1.29, 1.82) is 0 Å². The number of rotatable bonds is 5. The number of hydrazone groups is 1. The molecule has 0 aromatic heterocycles. The van der Waals surface area contributed by atoms with Gasteiger partial charge in [0.05, 0.1) is 10.7 Å². The first-order valence-electron chi connectivity index (χ1n) is 8.90. The molecule has 2 aromatic rings. The molecule has 1 aliphatic heterocycles. The summed E-state index contributed by atoms with van der Waals surface area (Å²) in [6.07, 6.45) is 3.07. The second-order valence-electron chi connectivity index (χ2n) is 6.74. The molecule has 1 aliphatic rings. The van der Waals surface area contributed by atoms with E-state index in [9.17, 15) is 9.90 Å². The van der Waals surface area contributed by atoms with Gasteiger partial charge in [-0.05, 0) is 71.7 Å². The third kappa shape index (κ3) is 5.89. The molecule has 148 valence electrons. The second-order valence-corrected chi connectivity index (χ2v) is 9.42. The van der Waals surface area contributed by atoms with E-state index < -0.39 is 0 Å². The molecule has 0 radical (unpaired) electrons. The van der Waals surface area contributed by atoms with E-state index >= 15 is 0 Å². The SMILES string of the molecule is O=C(N/N=C/c1cc(Br)cc(Br)c1O)C1CCN(Cc2ccc(Br)cc2)CC1. The van der Waals surface area contributed by atoms with Crippen LogP contribution in [0.15, 0.2) is 54.9 Å². The zero-order valence-electron chi connectivity index (χ0n) is 15.0. The van der Waals surface area contributed by atoms with Crippen molar-refractivity contribution in [2.75, 3.05) is 13.1 Å². The molecule has 8 heteroatoms. The standard InChI is InChI=1S/C20H20Br3N3O2/c21-16-3-1-13(2-4-16)12-26-7-5-14(6-8-26)20(28)25-24-11-15-9-17(22)10-18(23)19(15)27/h1-4,9-11,14,27H,5-8,12H2,(H,25,28)/b24-11+. The molecule has 28 heavy (non-hydrogen) atoms. The van der Waals surface area contributed by atoms with Crippen LogP contribution >= 0.6 is 47.8 Å². The quantitative estimate of drug-likeness (QED) is 0.389. The molecule has 1 fully saturated rings. The fraction of sp³-hybridized carbons (Fsp3) is 0.300. The summed E-state index contributed by atoms with van der Waals surface area (Å²) in [6, 6.07) is 11.8. The largest absolute Gasteiger partial charge is 0.506 e. The third-order valence-corrected chi connectivity index (χ3v) is 6.30. The van der Waals surface area contributed by atoms with Gasteiger partial charge in [-0.25, -0.2) is 5.43 Å². The monoisotopic (exact) mass is 571 g/mol. The highest BCUT2D eigenvalue weighted by atomic mass is 79.9. The van der Waals surface area contributed by atoms with Crippen LogP contribution in [0.2, 0.25) is 0 Å². The maximum absolute atomic E-state index is 12.4. The number of amides is 1. The number of piperidine rings is 1. The van der Waals surface area contributed by atoms with E-state index in [1.807, 2.05) is 0 Å². The molecule has 2 N–H and O–H groups in total. The minimum Gasteiger partial charge on any atom is -0.506 e. The average molecular weight is 574 g/mol. The molecule has 0 atom stereocenters. The molecular formula is C20H20Br3N3O2. The summed E-state index contributed by atoms with van der Waals surface area (Å²) in [4.78, 5) is 14.7. The number of phenolic OH excluding ortho intramolecular Hbond substituents is 1. The summed E-state index contributed by atoms with van der Waals surface area (Å²) in [6.45, 7) is 2.67. The summed E-state index contributed by atoms with van der Waals surface area (Å²) in [7, 11) is 0. The zero-order valence-corrected chi connectivity index (χ0v) is 19.8. The molecule has 0 spiro atoms. The lowest BCUT2D eigenvalue weighted by molar-refractivity contribution is -0.126. The molecule has 0 aliphatic carbocycles. The van der Waals surface area contributed by atoms with E-state index in [4.69, 9.17) is 0 Å². The van der Waals surface area contributed by atoms with Crippen LogP contribution in [0, 0.1) is 5.92 Å². The smallest absolute Gasteiger partial charge is 0.243 e. The van der Waals surface area contributed by atoms with Crippen LogP contribution in [0.3, 0.4) is 0 Å². The van der Waals surface area contributed by atoms with Crippen molar-refractivity contribution in [3.63, 3.8) is 0 Å². The lowest BCUT2D eigenvalue weighted by Gasteiger charge is -2.30. The van der Waals surface area contributed by atoms with Gasteiger partial charge < -0.3 is 5.11 Å². The normalized spacial score (nSPS) is 15.8. The topological polar surface area (TPSA) is 64.9 Å². The van der Waals surface area contributed by atoms with Gasteiger partial charge in [0.25, 0.3) is 0 Å². The average Bonchev–Trinajstić information content (AvgIpc) is 2.68. The predicted octanol–water partition coefficient (Wildman–Crippen LogP) is 5.04. The first kappa shape index (κ1) is 21.5. The molecule has 0 bridgehead atoms. The first-order valence-corrected chi connectivity index (χ1v) is 11.3. The van der Waals surface area contributed by atoms with Gasteiger partial charge in [-0.1, -0.05) is 44.0 Å². The van der Waals surface area contributed by atoms with Crippen LogP contribution < -0.4 is 5.43 Å². The fourth-order valence-electron chi connectivity index (χ4n) is 3.14. The summed E-state index contributed by atoms with van der Waals surface area (Å²) >= 11 is 10.1. The highest BCUT2D eigenvalue weighted by Crippen LogP contribution is 2.30. The van der Waals surface area contributed by atoms with Gasteiger partial charge in [0, 0.05) is 27.0 Å². The van der Waals surface area contributed by atoms with Gasteiger partial charge in [-0.3, -0.25) is 9.69 Å². The number of nitrogens with one attached hydrogen (secondary N) is 1. The number of carbonyl (C=O) groups excluding carboxylic acids is 1. The Morgan fingerprint density at radius 1 is 1.14 bits per heavy atom. The number of carbonyl (C=O) groups is 1. The van der Waals surface area contributed by atoms with Crippen molar-refractivity contribution in [3.05, 3.63) is 60.9 Å². The Morgan fingerprint density at radius 2 is 1.82 bits per heavy atom. The summed E-state index contributed by atoms with van der Waals surface area (Å²) in [5.41, 5.74) is 4.40. The van der Waals surface area contributed by atoms with Gasteiger partial charge in [-0.2, -0.15) is 5.10 Å². The molecule has 1 amide bonds. The van der Waals surface area contributed by atoms with Crippen molar-refractivity contribution in [2.24, 2.45) is 11.0 Å². The number of likely N-dealkylation sites (tertiary alicyclic amines) is 1. The molecule has 1 saturated heterocycles. The van der Waals surface area contributed by atoms with E-state index in [1.54, 1.807) is 12.1 Å². The zero-order chi connectivity index (χ0) is 20.1. The number of nitrogens with zero attached hydrogens (tertiary/aromatic N) is 2. The highest BCUT2D eigenvalue weighted by molar-refractivity contribution is 9.11. The van der Waals surface area contributed by atoms with Crippen molar-refractivity contribution in [3.8, 4) is 5.75 Å².